The van der Waals surface area contributed by atoms with Crippen LogP contribution in [0.25, 0.3) is 83.7 Å². The van der Waals surface area contributed by atoms with Crippen LogP contribution in [-0.4, -0.2) is 19.5 Å². The fourth-order valence-electron chi connectivity index (χ4n) is 8.79. The predicted molar refractivity (Wildman–Crippen MR) is 280 cm³/mol. The van der Waals surface area contributed by atoms with Gasteiger partial charge in [0.05, 0.1) is 28.1 Å². The molecule has 10 rings (SSSR count). The molecule has 5 nitrogen and oxygen atoms in total. The number of hydrogen-bond acceptors (Lipinski definition) is 4. The standard InChI is InChI=1S/C47H44N3O.C15H16N.Ir/c1-28(2)36-25-33(31-15-10-9-11-16-31)26-37(29(3)4)44(36)50-40-19-13-12-17-39(40)49-46(50)35-23-21-30(5)43-34-24-22-32(27-41(34)51-45(35)43)38-18-14-20-42(48-38)47(6,7)8;1-15(2,3)13-9-10-16-14(11-13)12-7-5-4-6-8-12;/h9-22,24-29H,1-8H3;4-7,9-11H,1-3H3;/q2*-1;/i5D3;;. The first kappa shape index (κ1) is 44.1. The summed E-state index contributed by atoms with van der Waals surface area (Å²) in [6.45, 7) is 19.6. The summed E-state index contributed by atoms with van der Waals surface area (Å²) in [7, 11) is 0. The van der Waals surface area contributed by atoms with Gasteiger partial charge in [0, 0.05) is 58.2 Å². The van der Waals surface area contributed by atoms with Crippen molar-refractivity contribution in [1.82, 2.24) is 19.5 Å². The third kappa shape index (κ3) is 9.50. The van der Waals surface area contributed by atoms with Gasteiger partial charge in [-0.2, -0.15) is 0 Å². The zero-order chi connectivity index (χ0) is 49.7. The molecular weight excluding hydrogens is 1010 g/mol. The van der Waals surface area contributed by atoms with Crippen LogP contribution in [0.5, 0.6) is 0 Å². The molecular formula is C62H60IrN4O-2. The number of aromatic nitrogens is 4. The second-order valence-corrected chi connectivity index (χ2v) is 20.1. The predicted octanol–water partition coefficient (Wildman–Crippen LogP) is 16.8. The number of rotatable bonds is 7. The van der Waals surface area contributed by atoms with Crippen molar-refractivity contribution >= 4 is 33.0 Å². The molecule has 0 amide bonds. The molecule has 4 heterocycles. The molecule has 0 unspecified atom stereocenters. The molecule has 0 fully saturated rings. The quantitative estimate of drug-likeness (QED) is 0.149. The van der Waals surface area contributed by atoms with Gasteiger partial charge < -0.3 is 14.0 Å². The molecule has 6 heteroatoms. The van der Waals surface area contributed by atoms with Crippen LogP contribution in [0.1, 0.15) is 113 Å². The summed E-state index contributed by atoms with van der Waals surface area (Å²) in [5.74, 6) is 1.02. The third-order valence-corrected chi connectivity index (χ3v) is 12.5. The fourth-order valence-corrected chi connectivity index (χ4v) is 8.79. The second-order valence-electron chi connectivity index (χ2n) is 20.1. The number of fused-ring (bicyclic) bond motifs is 4. The number of para-hydroxylation sites is 2. The molecule has 68 heavy (non-hydrogen) atoms. The van der Waals surface area contributed by atoms with Crippen LogP contribution in [0, 0.1) is 19.0 Å². The van der Waals surface area contributed by atoms with E-state index in [9.17, 15) is 0 Å². The van der Waals surface area contributed by atoms with Crippen molar-refractivity contribution in [1.29, 1.82) is 0 Å². The van der Waals surface area contributed by atoms with Crippen LogP contribution in [0.2, 0.25) is 0 Å². The average Bonchev–Trinajstić information content (AvgIpc) is 3.92. The van der Waals surface area contributed by atoms with Gasteiger partial charge in [-0.25, -0.2) is 0 Å². The maximum absolute atomic E-state index is 8.55. The van der Waals surface area contributed by atoms with Crippen molar-refractivity contribution in [3.63, 3.8) is 0 Å². The van der Waals surface area contributed by atoms with Crippen molar-refractivity contribution in [2.24, 2.45) is 0 Å². The molecule has 0 spiro atoms. The van der Waals surface area contributed by atoms with E-state index < -0.39 is 6.85 Å². The molecule has 4 aromatic heterocycles. The van der Waals surface area contributed by atoms with Crippen molar-refractivity contribution < 1.29 is 28.6 Å². The van der Waals surface area contributed by atoms with Crippen molar-refractivity contribution in [2.75, 3.05) is 0 Å². The van der Waals surface area contributed by atoms with E-state index in [0.717, 1.165) is 50.3 Å². The Kier molecular flexibility index (Phi) is 12.5. The van der Waals surface area contributed by atoms with Gasteiger partial charge in [0.15, 0.2) is 0 Å². The summed E-state index contributed by atoms with van der Waals surface area (Å²) in [5.41, 5.74) is 15.5. The number of imidazole rings is 1. The van der Waals surface area contributed by atoms with Gasteiger partial charge in [-0.3, -0.25) is 9.97 Å². The monoisotopic (exact) mass is 1070 g/mol. The van der Waals surface area contributed by atoms with E-state index in [1.165, 1.54) is 27.8 Å². The molecule has 1 radical (unpaired) electrons. The zero-order valence-corrected chi connectivity index (χ0v) is 43.0. The summed E-state index contributed by atoms with van der Waals surface area (Å²) < 4.78 is 34.7. The number of benzene rings is 6. The maximum Gasteiger partial charge on any atom is 0.121 e. The van der Waals surface area contributed by atoms with E-state index in [4.69, 9.17) is 18.5 Å². The van der Waals surface area contributed by atoms with Crippen LogP contribution >= 0.6 is 0 Å². The normalized spacial score (nSPS) is 12.7. The minimum absolute atomic E-state index is 0. The summed E-state index contributed by atoms with van der Waals surface area (Å²) >= 11 is 0. The number of hydrogen-bond donors (Lipinski definition) is 0. The zero-order valence-electron chi connectivity index (χ0n) is 43.6. The van der Waals surface area contributed by atoms with Crippen LogP contribution in [0.3, 0.4) is 0 Å². The molecule has 0 N–H and O–H groups in total. The Labute approximate surface area is 420 Å². The summed E-state index contributed by atoms with van der Waals surface area (Å²) in [4.78, 5) is 14.6. The average molecular weight is 1070 g/mol. The Morgan fingerprint density at radius 2 is 1.37 bits per heavy atom. The first-order valence-electron chi connectivity index (χ1n) is 24.8. The van der Waals surface area contributed by atoms with Crippen LogP contribution < -0.4 is 0 Å². The van der Waals surface area contributed by atoms with Gasteiger partial charge in [0.1, 0.15) is 5.58 Å². The summed E-state index contributed by atoms with van der Waals surface area (Å²) in [6, 6.07) is 55.6. The van der Waals surface area contributed by atoms with Gasteiger partial charge in [-0.1, -0.05) is 154 Å². The van der Waals surface area contributed by atoms with Gasteiger partial charge in [-0.05, 0) is 99.3 Å². The molecule has 0 saturated heterocycles. The van der Waals surface area contributed by atoms with Crippen molar-refractivity contribution in [3.8, 4) is 50.7 Å². The van der Waals surface area contributed by atoms with E-state index in [1.54, 1.807) is 6.07 Å². The minimum Gasteiger partial charge on any atom is -0.501 e. The Morgan fingerprint density at radius 1 is 0.647 bits per heavy atom. The Morgan fingerprint density at radius 3 is 2.04 bits per heavy atom. The van der Waals surface area contributed by atoms with E-state index in [0.29, 0.717) is 27.9 Å². The Hall–Kier alpha value is -6.46. The largest absolute Gasteiger partial charge is 0.501 e. The first-order chi connectivity index (χ1) is 33.3. The van der Waals surface area contributed by atoms with Crippen LogP contribution in [0.15, 0.2) is 156 Å². The van der Waals surface area contributed by atoms with Gasteiger partial charge in [-0.15, -0.1) is 53.6 Å². The molecule has 0 bridgehead atoms. The van der Waals surface area contributed by atoms with Gasteiger partial charge in [0.25, 0.3) is 0 Å². The molecule has 0 aliphatic heterocycles. The molecule has 0 aliphatic rings. The number of aryl methyl sites for hydroxylation is 1. The van der Waals surface area contributed by atoms with E-state index in [-0.39, 0.29) is 48.3 Å². The van der Waals surface area contributed by atoms with Crippen LogP contribution in [-0.2, 0) is 30.9 Å². The molecule has 6 aromatic carbocycles. The first-order valence-corrected chi connectivity index (χ1v) is 23.3. The maximum atomic E-state index is 8.55. The Bertz CT molecular complexity index is 3480. The van der Waals surface area contributed by atoms with Crippen molar-refractivity contribution in [3.05, 3.63) is 192 Å². The SMILES string of the molecule is CC(C)(C)c1ccnc(-c2[c-]cccc2)c1.[2H]C([2H])([2H])c1c[c-]c(-c2nc3ccccc3n2-c2c(C(C)C)cc(-c3ccccc3)cc2C(C)C)c2oc3cc(-c4cccc(C(C)(C)C)n4)ccc3c12.[Ir]. The van der Waals surface area contributed by atoms with E-state index >= 15 is 0 Å². The number of nitrogens with zero attached hydrogens (tertiary/aromatic N) is 4. The van der Waals surface area contributed by atoms with Gasteiger partial charge in [0.2, 0.25) is 0 Å². The molecule has 0 saturated carbocycles. The molecule has 10 aromatic rings. The van der Waals surface area contributed by atoms with E-state index in [2.05, 4.69) is 146 Å². The fraction of sp³-hybridized carbons (Fsp3) is 0.242. The van der Waals surface area contributed by atoms with E-state index in [1.807, 2.05) is 91.1 Å². The summed E-state index contributed by atoms with van der Waals surface area (Å²) in [5, 5.41) is 1.27. The van der Waals surface area contributed by atoms with Gasteiger partial charge >= 0.3 is 0 Å². The molecule has 0 aliphatic carbocycles. The third-order valence-electron chi connectivity index (χ3n) is 12.5. The number of pyridine rings is 2. The smallest absolute Gasteiger partial charge is 0.121 e. The number of furan rings is 1. The minimum atomic E-state index is -2.39. The molecule has 0 atom stereocenters. The Balaban J connectivity index is 0.000000338. The summed E-state index contributed by atoms with van der Waals surface area (Å²) in [6.07, 6.45) is 1.87. The van der Waals surface area contributed by atoms with Crippen LogP contribution in [0.4, 0.5) is 0 Å². The second kappa shape index (κ2) is 19.3. The molecule has 345 valence electrons. The van der Waals surface area contributed by atoms with Crippen molar-refractivity contribution in [2.45, 2.75) is 98.8 Å². The topological polar surface area (TPSA) is 56.7 Å².